The second kappa shape index (κ2) is 13.3. The number of carbonyl (C=O) groups is 1. The van der Waals surface area contributed by atoms with Gasteiger partial charge in [-0.2, -0.15) is 0 Å². The average Bonchev–Trinajstić information content (AvgIpc) is 3.25. The van der Waals surface area contributed by atoms with Crippen LogP contribution < -0.4 is 0 Å². The number of fused-ring (bicyclic) bond motifs is 5. The molecule has 0 heterocycles. The predicted molar refractivity (Wildman–Crippen MR) is 162 cm³/mol. The van der Waals surface area contributed by atoms with Gasteiger partial charge >= 0.3 is 6.16 Å². The van der Waals surface area contributed by atoms with Gasteiger partial charge in [0, 0.05) is 0 Å². The normalized spacial score (nSPS) is 38.4. The molecule has 0 radical (unpaired) electrons. The minimum Gasteiger partial charge on any atom is -0.429 e. The lowest BCUT2D eigenvalue weighted by Crippen LogP contribution is -2.54. The maximum absolute atomic E-state index is 12.5. The van der Waals surface area contributed by atoms with Crippen LogP contribution >= 0.6 is 0 Å². The summed E-state index contributed by atoms with van der Waals surface area (Å²) in [7, 11) is 0. The molecule has 0 unspecified atom stereocenters. The van der Waals surface area contributed by atoms with Gasteiger partial charge in [-0.1, -0.05) is 85.7 Å². The van der Waals surface area contributed by atoms with Crippen LogP contribution in [0.2, 0.25) is 0 Å². The molecular weight excluding hydrogens is 482 g/mol. The van der Waals surface area contributed by atoms with Crippen LogP contribution in [0.5, 0.6) is 0 Å². The Hall–Kier alpha value is -1.06. The molecule has 0 aromatic rings. The highest BCUT2D eigenvalue weighted by Gasteiger charge is 2.60. The van der Waals surface area contributed by atoms with Gasteiger partial charge in [0.25, 0.3) is 0 Å². The van der Waals surface area contributed by atoms with Crippen LogP contribution in [0, 0.1) is 52.3 Å². The molecule has 4 nitrogen and oxygen atoms in total. The molecule has 39 heavy (non-hydrogen) atoms. The predicted octanol–water partition coefficient (Wildman–Crippen LogP) is 10.6. The van der Waals surface area contributed by atoms with Crippen molar-refractivity contribution < 1.29 is 14.4 Å². The average molecular weight is 544 g/mol. The van der Waals surface area contributed by atoms with Crippen LogP contribution in [-0.2, 0) is 9.57 Å². The quantitative estimate of drug-likeness (QED) is 0.113. The van der Waals surface area contributed by atoms with Crippen molar-refractivity contribution in [3.63, 3.8) is 0 Å². The lowest BCUT2D eigenvalue weighted by atomic mass is 9.44. The minimum absolute atomic E-state index is 0.0143. The van der Waals surface area contributed by atoms with Gasteiger partial charge in [0.2, 0.25) is 0 Å². The molecule has 0 aliphatic heterocycles. The van der Waals surface area contributed by atoms with E-state index in [0.29, 0.717) is 16.7 Å². The van der Waals surface area contributed by atoms with E-state index in [0.717, 1.165) is 79.7 Å². The van der Waals surface area contributed by atoms with E-state index in [1.54, 1.807) is 0 Å². The molecule has 4 saturated carbocycles. The highest BCUT2D eigenvalue weighted by molar-refractivity contribution is 5.84. The van der Waals surface area contributed by atoms with Crippen LogP contribution in [0.15, 0.2) is 5.16 Å². The maximum Gasteiger partial charge on any atom is 0.535 e. The highest BCUT2D eigenvalue weighted by atomic mass is 16.8. The minimum atomic E-state index is -0.602. The molecule has 0 aromatic heterocycles. The van der Waals surface area contributed by atoms with Crippen LogP contribution in [0.1, 0.15) is 151 Å². The number of ether oxygens (including phenoxy) is 1. The van der Waals surface area contributed by atoms with Crippen LogP contribution in [0.3, 0.4) is 0 Å². The number of rotatable bonds is 11. The Bertz CT molecular complexity index is 830. The third kappa shape index (κ3) is 6.72. The fourth-order valence-electron chi connectivity index (χ4n) is 10.4. The zero-order valence-electron chi connectivity index (χ0n) is 26.6. The molecule has 0 saturated heterocycles. The zero-order chi connectivity index (χ0) is 28.2. The number of carbonyl (C=O) groups excluding carboxylic acids is 1. The van der Waals surface area contributed by atoms with Crippen molar-refractivity contribution in [3.05, 3.63) is 0 Å². The van der Waals surface area contributed by atoms with E-state index in [2.05, 4.69) is 53.6 Å². The van der Waals surface area contributed by atoms with Crippen molar-refractivity contribution >= 4 is 11.9 Å². The first-order valence-electron chi connectivity index (χ1n) is 17.1. The van der Waals surface area contributed by atoms with Crippen molar-refractivity contribution in [2.24, 2.45) is 57.4 Å². The third-order valence-corrected chi connectivity index (χ3v) is 12.4. The molecule has 4 aliphatic rings. The summed E-state index contributed by atoms with van der Waals surface area (Å²) in [5.74, 6) is 5.99. The summed E-state index contributed by atoms with van der Waals surface area (Å²) in [5.41, 5.74) is 1.93. The molecule has 0 bridgehead atoms. The van der Waals surface area contributed by atoms with Gasteiger partial charge in [-0.15, -0.1) is 0 Å². The van der Waals surface area contributed by atoms with E-state index in [-0.39, 0.29) is 6.10 Å². The summed E-state index contributed by atoms with van der Waals surface area (Å²) in [5, 5.41) is 4.14. The van der Waals surface area contributed by atoms with Crippen molar-refractivity contribution in [1.82, 2.24) is 0 Å². The Morgan fingerprint density at radius 1 is 0.872 bits per heavy atom. The molecule has 4 heteroatoms. The first-order chi connectivity index (χ1) is 18.6. The van der Waals surface area contributed by atoms with Crippen LogP contribution in [0.25, 0.3) is 0 Å². The molecule has 224 valence electrons. The van der Waals surface area contributed by atoms with Crippen LogP contribution in [0.4, 0.5) is 4.79 Å². The van der Waals surface area contributed by atoms with E-state index in [9.17, 15) is 4.79 Å². The second-order valence-corrected chi connectivity index (χ2v) is 15.2. The molecular formula is C35H61NO3. The van der Waals surface area contributed by atoms with Gasteiger partial charge in [-0.3, -0.25) is 4.84 Å². The SMILES string of the molecule is CCCC(CCC)=NOC(=O)O[C@H]1CC[C@@]2(C)[C@@H](CC[C@H]3[C@H]2CC[C@]2(C)[C@@H]3CC[C@H]2[C@H](C)CCCC(C)C)C1. The van der Waals surface area contributed by atoms with Gasteiger partial charge in [0.1, 0.15) is 6.10 Å². The number of hydrogen-bond acceptors (Lipinski definition) is 4. The van der Waals surface area contributed by atoms with Crippen molar-refractivity contribution in [1.29, 1.82) is 0 Å². The Balaban J connectivity index is 1.33. The standard InChI is InChI=1S/C35H61NO3/c1-8-11-27(12-9-2)36-39-33(37)38-28-19-21-34(6)26(23-28)15-16-29-31-18-17-30(25(5)14-10-13-24(3)4)35(31,7)22-20-32(29)34/h24-26,28-32H,8-23H2,1-7H3/t25-,26+,28+,29-,30+,31-,32-,34+,35+/m1/s1. The van der Waals surface area contributed by atoms with E-state index in [1.807, 2.05) is 0 Å². The summed E-state index contributed by atoms with van der Waals surface area (Å²) in [6.45, 7) is 16.9. The molecule has 0 amide bonds. The van der Waals surface area contributed by atoms with Gasteiger partial charge in [-0.25, -0.2) is 4.79 Å². The maximum atomic E-state index is 12.5. The molecule has 0 aromatic carbocycles. The van der Waals surface area contributed by atoms with E-state index < -0.39 is 6.16 Å². The summed E-state index contributed by atoms with van der Waals surface area (Å²) >= 11 is 0. The highest BCUT2D eigenvalue weighted by Crippen LogP contribution is 2.68. The molecule has 4 aliphatic carbocycles. The first-order valence-corrected chi connectivity index (χ1v) is 17.1. The Labute approximate surface area is 240 Å². The Kier molecular flexibility index (Phi) is 10.5. The van der Waals surface area contributed by atoms with Crippen molar-refractivity contribution in [3.8, 4) is 0 Å². The summed E-state index contributed by atoms with van der Waals surface area (Å²) in [6.07, 6.45) is 19.0. The van der Waals surface area contributed by atoms with Gasteiger partial charge < -0.3 is 4.74 Å². The lowest BCUT2D eigenvalue weighted by Gasteiger charge is -2.61. The van der Waals surface area contributed by atoms with Crippen LogP contribution in [-0.4, -0.2) is 18.0 Å². The van der Waals surface area contributed by atoms with E-state index in [1.165, 1.54) is 64.2 Å². The number of oxime groups is 1. The van der Waals surface area contributed by atoms with Gasteiger partial charge in [-0.05, 0) is 123 Å². The monoisotopic (exact) mass is 543 g/mol. The van der Waals surface area contributed by atoms with Crippen molar-refractivity contribution in [2.75, 3.05) is 0 Å². The lowest BCUT2D eigenvalue weighted by molar-refractivity contribution is -0.132. The molecule has 0 spiro atoms. The summed E-state index contributed by atoms with van der Waals surface area (Å²) in [4.78, 5) is 17.7. The third-order valence-electron chi connectivity index (χ3n) is 12.4. The number of hydrogen-bond donors (Lipinski definition) is 0. The van der Waals surface area contributed by atoms with Gasteiger partial charge in [0.05, 0.1) is 5.71 Å². The zero-order valence-corrected chi connectivity index (χ0v) is 26.6. The largest absolute Gasteiger partial charge is 0.535 e. The fraction of sp³-hybridized carbons (Fsp3) is 0.943. The molecule has 9 atom stereocenters. The summed E-state index contributed by atoms with van der Waals surface area (Å²) < 4.78 is 5.83. The van der Waals surface area contributed by atoms with E-state index >= 15 is 0 Å². The molecule has 4 rings (SSSR count). The van der Waals surface area contributed by atoms with E-state index in [4.69, 9.17) is 9.57 Å². The smallest absolute Gasteiger partial charge is 0.429 e. The topological polar surface area (TPSA) is 47.9 Å². The van der Waals surface area contributed by atoms with Gasteiger partial charge in [0.15, 0.2) is 0 Å². The number of nitrogens with zero attached hydrogens (tertiary/aromatic N) is 1. The first kappa shape index (κ1) is 30.9. The second-order valence-electron chi connectivity index (χ2n) is 15.2. The molecule has 0 N–H and O–H groups in total. The molecule has 4 fully saturated rings. The Morgan fingerprint density at radius 2 is 1.56 bits per heavy atom. The fourth-order valence-corrected chi connectivity index (χ4v) is 10.4. The van der Waals surface area contributed by atoms with Crippen molar-refractivity contribution in [2.45, 2.75) is 157 Å². The summed E-state index contributed by atoms with van der Waals surface area (Å²) in [6, 6.07) is 0. The Morgan fingerprint density at radius 3 is 2.26 bits per heavy atom.